The summed E-state index contributed by atoms with van der Waals surface area (Å²) in [6.45, 7) is 0. The van der Waals surface area contributed by atoms with E-state index in [4.69, 9.17) is 0 Å². The van der Waals surface area contributed by atoms with Gasteiger partial charge in [0.05, 0.1) is 5.69 Å². The van der Waals surface area contributed by atoms with E-state index in [0.29, 0.717) is 9.61 Å². The highest BCUT2D eigenvalue weighted by Gasteiger charge is 2.12. The van der Waals surface area contributed by atoms with Crippen LogP contribution in [0.4, 0.5) is 13.2 Å². The monoisotopic (exact) mass is 293 g/mol. The van der Waals surface area contributed by atoms with Crippen molar-refractivity contribution < 1.29 is 13.2 Å². The lowest BCUT2D eigenvalue weighted by Crippen LogP contribution is -1.91. The summed E-state index contributed by atoms with van der Waals surface area (Å²) in [5.41, 5.74) is 0.623. The van der Waals surface area contributed by atoms with E-state index in [1.807, 2.05) is 0 Å². The van der Waals surface area contributed by atoms with Crippen LogP contribution in [0.15, 0.2) is 21.4 Å². The Morgan fingerprint density at radius 3 is 2.20 bits per heavy atom. The van der Waals surface area contributed by atoms with Crippen molar-refractivity contribution in [3.63, 3.8) is 0 Å². The number of hydrogen-bond acceptors (Lipinski definition) is 2. The normalized spacial score (nSPS) is 10.7. The highest BCUT2D eigenvalue weighted by molar-refractivity contribution is 9.11. The number of halogens is 4. The maximum atomic E-state index is 12.9. The molecule has 1 heterocycles. The molecule has 0 aliphatic rings. The number of rotatable bonds is 1. The minimum Gasteiger partial charge on any atom is -0.229 e. The van der Waals surface area contributed by atoms with Gasteiger partial charge in [-0.05, 0) is 28.1 Å². The average Bonchev–Trinajstić information content (AvgIpc) is 2.60. The van der Waals surface area contributed by atoms with Crippen LogP contribution >= 0.6 is 27.3 Å². The first-order valence-corrected chi connectivity index (χ1v) is 5.51. The molecule has 0 bridgehead atoms. The Kier molecular flexibility index (Phi) is 2.79. The maximum absolute atomic E-state index is 12.9. The Morgan fingerprint density at radius 2 is 1.73 bits per heavy atom. The molecule has 0 atom stereocenters. The van der Waals surface area contributed by atoms with Gasteiger partial charge in [-0.3, -0.25) is 0 Å². The lowest BCUT2D eigenvalue weighted by Gasteiger charge is -1.99. The van der Waals surface area contributed by atoms with E-state index in [2.05, 4.69) is 20.9 Å². The molecular weight excluding hydrogens is 291 g/mol. The summed E-state index contributed by atoms with van der Waals surface area (Å²) in [7, 11) is 0. The first-order valence-electron chi connectivity index (χ1n) is 3.84. The summed E-state index contributed by atoms with van der Waals surface area (Å²) in [6.07, 6.45) is 0. The third kappa shape index (κ3) is 2.05. The number of benzene rings is 1. The van der Waals surface area contributed by atoms with Gasteiger partial charge in [0, 0.05) is 10.9 Å². The standard InChI is InChI=1S/C9H3BrF3NS/c10-9-14-7(3-15-9)4-1-5(11)8(13)6(12)2-4/h1-3H. The van der Waals surface area contributed by atoms with Crippen molar-refractivity contribution in [3.05, 3.63) is 38.9 Å². The number of aromatic nitrogens is 1. The molecule has 2 rings (SSSR count). The van der Waals surface area contributed by atoms with Crippen molar-refractivity contribution in [2.75, 3.05) is 0 Å². The van der Waals surface area contributed by atoms with Crippen molar-refractivity contribution in [3.8, 4) is 11.3 Å². The Bertz CT molecular complexity index is 489. The van der Waals surface area contributed by atoms with E-state index in [1.54, 1.807) is 5.38 Å². The molecule has 0 spiro atoms. The van der Waals surface area contributed by atoms with Gasteiger partial charge < -0.3 is 0 Å². The van der Waals surface area contributed by atoms with E-state index < -0.39 is 17.5 Å². The van der Waals surface area contributed by atoms with Crippen LogP contribution in [0.2, 0.25) is 0 Å². The summed E-state index contributed by atoms with van der Waals surface area (Å²) in [4.78, 5) is 3.97. The first-order chi connectivity index (χ1) is 7.08. The highest BCUT2D eigenvalue weighted by Crippen LogP contribution is 2.27. The van der Waals surface area contributed by atoms with Crippen molar-refractivity contribution >= 4 is 27.3 Å². The van der Waals surface area contributed by atoms with Gasteiger partial charge in [-0.1, -0.05) is 0 Å². The van der Waals surface area contributed by atoms with Gasteiger partial charge >= 0.3 is 0 Å². The fourth-order valence-corrected chi connectivity index (χ4v) is 2.11. The van der Waals surface area contributed by atoms with Gasteiger partial charge in [-0.15, -0.1) is 11.3 Å². The molecule has 0 aliphatic heterocycles. The van der Waals surface area contributed by atoms with Crippen LogP contribution in [0.3, 0.4) is 0 Å². The maximum Gasteiger partial charge on any atom is 0.194 e. The molecule has 0 radical (unpaired) electrons. The summed E-state index contributed by atoms with van der Waals surface area (Å²) in [5.74, 6) is -3.89. The summed E-state index contributed by atoms with van der Waals surface area (Å²) >= 11 is 4.41. The molecule has 78 valence electrons. The van der Waals surface area contributed by atoms with Gasteiger partial charge in [0.2, 0.25) is 0 Å². The topological polar surface area (TPSA) is 12.9 Å². The van der Waals surface area contributed by atoms with Crippen molar-refractivity contribution in [1.29, 1.82) is 0 Å². The SMILES string of the molecule is Fc1cc(-c2csc(Br)n2)cc(F)c1F. The second-order valence-corrected chi connectivity index (χ2v) is 4.87. The van der Waals surface area contributed by atoms with Gasteiger partial charge in [-0.2, -0.15) is 0 Å². The zero-order chi connectivity index (χ0) is 11.0. The highest BCUT2D eigenvalue weighted by atomic mass is 79.9. The smallest absolute Gasteiger partial charge is 0.194 e. The Morgan fingerprint density at radius 1 is 1.13 bits per heavy atom. The minimum absolute atomic E-state index is 0.216. The fraction of sp³-hybridized carbons (Fsp3) is 0. The van der Waals surface area contributed by atoms with Crippen LogP contribution in [-0.2, 0) is 0 Å². The molecule has 0 N–H and O–H groups in total. The van der Waals surface area contributed by atoms with Crippen molar-refractivity contribution in [2.45, 2.75) is 0 Å². The van der Waals surface area contributed by atoms with Gasteiger partial charge in [0.1, 0.15) is 0 Å². The van der Waals surface area contributed by atoms with E-state index in [0.717, 1.165) is 12.1 Å². The molecule has 15 heavy (non-hydrogen) atoms. The van der Waals surface area contributed by atoms with Crippen LogP contribution in [0, 0.1) is 17.5 Å². The van der Waals surface area contributed by atoms with E-state index in [9.17, 15) is 13.2 Å². The van der Waals surface area contributed by atoms with E-state index in [1.165, 1.54) is 11.3 Å². The zero-order valence-corrected chi connectivity index (χ0v) is 9.50. The summed E-state index contributed by atoms with van der Waals surface area (Å²) < 4.78 is 39.0. The van der Waals surface area contributed by atoms with Crippen LogP contribution in [0.1, 0.15) is 0 Å². The van der Waals surface area contributed by atoms with Gasteiger partial charge in [-0.25, -0.2) is 18.2 Å². The molecule has 0 saturated heterocycles. The molecular formula is C9H3BrF3NS. The quantitative estimate of drug-likeness (QED) is 0.725. The lowest BCUT2D eigenvalue weighted by molar-refractivity contribution is 0.447. The number of nitrogens with zero attached hydrogens (tertiary/aromatic N) is 1. The average molecular weight is 294 g/mol. The van der Waals surface area contributed by atoms with Crippen molar-refractivity contribution in [2.24, 2.45) is 0 Å². The first kappa shape index (κ1) is 10.6. The molecule has 0 fully saturated rings. The Labute approximate surface area is 95.7 Å². The van der Waals surface area contributed by atoms with E-state index in [-0.39, 0.29) is 5.56 Å². The fourth-order valence-electron chi connectivity index (χ4n) is 1.09. The second kappa shape index (κ2) is 3.94. The number of hydrogen-bond donors (Lipinski definition) is 0. The van der Waals surface area contributed by atoms with Crippen LogP contribution < -0.4 is 0 Å². The second-order valence-electron chi connectivity index (χ2n) is 2.74. The van der Waals surface area contributed by atoms with Crippen molar-refractivity contribution in [1.82, 2.24) is 4.98 Å². The predicted octanol–water partition coefficient (Wildman–Crippen LogP) is 3.99. The number of thiazole rings is 1. The molecule has 0 amide bonds. The van der Waals surface area contributed by atoms with Crippen LogP contribution in [0.5, 0.6) is 0 Å². The molecule has 0 unspecified atom stereocenters. The molecule has 1 aromatic carbocycles. The predicted molar refractivity (Wildman–Crippen MR) is 55.1 cm³/mol. The zero-order valence-electron chi connectivity index (χ0n) is 7.10. The Balaban J connectivity index is 2.55. The molecule has 1 nitrogen and oxygen atoms in total. The molecule has 0 aliphatic carbocycles. The lowest BCUT2D eigenvalue weighted by atomic mass is 10.1. The van der Waals surface area contributed by atoms with Crippen LogP contribution in [0.25, 0.3) is 11.3 Å². The van der Waals surface area contributed by atoms with E-state index >= 15 is 0 Å². The largest absolute Gasteiger partial charge is 0.229 e. The summed E-state index contributed by atoms with van der Waals surface area (Å²) in [6, 6.07) is 1.83. The minimum atomic E-state index is -1.46. The molecule has 2 aromatic rings. The Hall–Kier alpha value is -0.880. The summed E-state index contributed by atoms with van der Waals surface area (Å²) in [5, 5.41) is 1.62. The molecule has 0 saturated carbocycles. The third-order valence-corrected chi connectivity index (χ3v) is 3.12. The van der Waals surface area contributed by atoms with Gasteiger partial charge in [0.25, 0.3) is 0 Å². The van der Waals surface area contributed by atoms with Crippen LogP contribution in [-0.4, -0.2) is 4.98 Å². The third-order valence-electron chi connectivity index (χ3n) is 1.76. The molecule has 1 aromatic heterocycles. The molecule has 6 heteroatoms. The van der Waals surface area contributed by atoms with Gasteiger partial charge in [0.15, 0.2) is 21.4 Å².